The lowest BCUT2D eigenvalue weighted by atomic mass is 10.2. The van der Waals surface area contributed by atoms with Crippen LogP contribution >= 0.6 is 11.3 Å². The molecule has 0 radical (unpaired) electrons. The maximum Gasteiger partial charge on any atom is 0.317 e. The molecule has 1 aromatic rings. The van der Waals surface area contributed by atoms with Gasteiger partial charge in [-0.3, -0.25) is 9.69 Å². The number of carboxylic acids is 1. The van der Waals surface area contributed by atoms with Gasteiger partial charge >= 0.3 is 5.97 Å². The second kappa shape index (κ2) is 5.96. The second-order valence-corrected chi connectivity index (χ2v) is 5.26. The Hall–Kier alpha value is -0.940. The molecule has 1 aromatic heterocycles. The molecule has 0 amide bonds. The Morgan fingerprint density at radius 1 is 1.62 bits per heavy atom. The number of rotatable bonds is 6. The average molecular weight is 242 g/mol. The summed E-state index contributed by atoms with van der Waals surface area (Å²) in [5.41, 5.74) is 2.81. The van der Waals surface area contributed by atoms with Gasteiger partial charge in [-0.1, -0.05) is 13.8 Å². The number of aromatic nitrogens is 1. The van der Waals surface area contributed by atoms with E-state index in [0.717, 1.165) is 17.1 Å². The molecule has 0 aliphatic rings. The van der Waals surface area contributed by atoms with Crippen LogP contribution in [0.25, 0.3) is 0 Å². The minimum atomic E-state index is -0.775. The van der Waals surface area contributed by atoms with Crippen LogP contribution in [0.2, 0.25) is 0 Å². The van der Waals surface area contributed by atoms with Gasteiger partial charge in [-0.05, 0) is 12.8 Å². The second-order valence-electron chi connectivity index (χ2n) is 4.32. The summed E-state index contributed by atoms with van der Waals surface area (Å²) in [6, 6.07) is 0. The third-order valence-electron chi connectivity index (χ3n) is 2.19. The zero-order valence-electron chi connectivity index (χ0n) is 9.93. The smallest absolute Gasteiger partial charge is 0.317 e. The van der Waals surface area contributed by atoms with Crippen molar-refractivity contribution in [1.82, 2.24) is 9.88 Å². The fraction of sp³-hybridized carbons (Fsp3) is 0.636. The van der Waals surface area contributed by atoms with Crippen LogP contribution < -0.4 is 0 Å². The first-order valence-corrected chi connectivity index (χ1v) is 6.20. The first-order chi connectivity index (χ1) is 7.49. The molecule has 5 heteroatoms. The number of nitrogens with zero attached hydrogens (tertiary/aromatic N) is 2. The SMILES string of the molecule is Cc1ncsc1CN(CC(=O)O)CC(C)C. The van der Waals surface area contributed by atoms with Crippen LogP contribution in [-0.2, 0) is 11.3 Å². The standard InChI is InChI=1S/C11H18N2O2S/c1-8(2)4-13(6-11(14)15)5-10-9(3)12-7-16-10/h7-8H,4-6H2,1-3H3,(H,14,15). The predicted molar refractivity (Wildman–Crippen MR) is 64.6 cm³/mol. The van der Waals surface area contributed by atoms with Crippen molar-refractivity contribution in [3.8, 4) is 0 Å². The van der Waals surface area contributed by atoms with Crippen LogP contribution in [0.1, 0.15) is 24.4 Å². The van der Waals surface area contributed by atoms with E-state index in [4.69, 9.17) is 5.11 Å². The third-order valence-corrected chi connectivity index (χ3v) is 3.11. The lowest BCUT2D eigenvalue weighted by molar-refractivity contribution is -0.138. The highest BCUT2D eigenvalue weighted by molar-refractivity contribution is 7.09. The van der Waals surface area contributed by atoms with Crippen LogP contribution in [-0.4, -0.2) is 34.0 Å². The molecule has 1 rings (SSSR count). The quantitative estimate of drug-likeness (QED) is 0.829. The summed E-state index contributed by atoms with van der Waals surface area (Å²) in [6.07, 6.45) is 0. The Kier molecular flexibility index (Phi) is 4.89. The summed E-state index contributed by atoms with van der Waals surface area (Å²) in [6.45, 7) is 7.71. The predicted octanol–water partition coefficient (Wildman–Crippen LogP) is 1.99. The Morgan fingerprint density at radius 3 is 2.75 bits per heavy atom. The first-order valence-electron chi connectivity index (χ1n) is 5.32. The molecule has 0 aliphatic carbocycles. The van der Waals surface area contributed by atoms with Gasteiger partial charge in [-0.25, -0.2) is 4.98 Å². The van der Waals surface area contributed by atoms with Gasteiger partial charge in [0.1, 0.15) is 0 Å². The molecule has 0 saturated heterocycles. The molecule has 0 atom stereocenters. The molecule has 1 N–H and O–H groups in total. The Labute approximate surface area is 99.9 Å². The van der Waals surface area contributed by atoms with Crippen molar-refractivity contribution in [2.75, 3.05) is 13.1 Å². The molecule has 4 nitrogen and oxygen atoms in total. The Balaban J connectivity index is 2.62. The monoisotopic (exact) mass is 242 g/mol. The highest BCUT2D eigenvalue weighted by atomic mass is 32.1. The molecule has 0 aromatic carbocycles. The van der Waals surface area contributed by atoms with E-state index in [9.17, 15) is 4.79 Å². The van der Waals surface area contributed by atoms with Crippen LogP contribution in [0, 0.1) is 12.8 Å². The van der Waals surface area contributed by atoms with Crippen molar-refractivity contribution in [3.05, 3.63) is 16.1 Å². The Morgan fingerprint density at radius 2 is 2.31 bits per heavy atom. The molecule has 90 valence electrons. The molecule has 0 fully saturated rings. The lowest BCUT2D eigenvalue weighted by Crippen LogP contribution is -2.32. The van der Waals surface area contributed by atoms with Crippen LogP contribution in [0.3, 0.4) is 0 Å². The van der Waals surface area contributed by atoms with Gasteiger partial charge in [0, 0.05) is 18.0 Å². The lowest BCUT2D eigenvalue weighted by Gasteiger charge is -2.21. The number of thiazole rings is 1. The normalized spacial score (nSPS) is 11.3. The van der Waals surface area contributed by atoms with Gasteiger partial charge in [0.2, 0.25) is 0 Å². The number of hydrogen-bond acceptors (Lipinski definition) is 4. The maximum atomic E-state index is 10.8. The number of hydrogen-bond donors (Lipinski definition) is 1. The van der Waals surface area contributed by atoms with Crippen molar-refractivity contribution in [1.29, 1.82) is 0 Å². The van der Waals surface area contributed by atoms with Crippen LogP contribution in [0.15, 0.2) is 5.51 Å². The number of carboxylic acid groups (broad SMARTS) is 1. The average Bonchev–Trinajstić information content (AvgIpc) is 2.49. The van der Waals surface area contributed by atoms with Crippen molar-refractivity contribution >= 4 is 17.3 Å². The number of carbonyl (C=O) groups is 1. The highest BCUT2D eigenvalue weighted by Crippen LogP contribution is 2.15. The van der Waals surface area contributed by atoms with Gasteiger partial charge in [0.15, 0.2) is 0 Å². The van der Waals surface area contributed by atoms with E-state index in [0.29, 0.717) is 12.5 Å². The maximum absolute atomic E-state index is 10.8. The van der Waals surface area contributed by atoms with Gasteiger partial charge in [0.25, 0.3) is 0 Å². The van der Waals surface area contributed by atoms with Crippen LogP contribution in [0.4, 0.5) is 0 Å². The zero-order valence-corrected chi connectivity index (χ0v) is 10.8. The van der Waals surface area contributed by atoms with Crippen molar-refractivity contribution < 1.29 is 9.90 Å². The molecule has 0 bridgehead atoms. The summed E-state index contributed by atoms with van der Waals surface area (Å²) in [7, 11) is 0. The Bertz CT molecular complexity index is 350. The minimum Gasteiger partial charge on any atom is -0.480 e. The summed E-state index contributed by atoms with van der Waals surface area (Å²) < 4.78 is 0. The number of aliphatic carboxylic acids is 1. The van der Waals surface area contributed by atoms with Crippen molar-refractivity contribution in [2.45, 2.75) is 27.3 Å². The fourth-order valence-electron chi connectivity index (χ4n) is 1.57. The minimum absolute atomic E-state index is 0.0928. The zero-order chi connectivity index (χ0) is 12.1. The van der Waals surface area contributed by atoms with E-state index in [-0.39, 0.29) is 6.54 Å². The van der Waals surface area contributed by atoms with Gasteiger partial charge < -0.3 is 5.11 Å². The summed E-state index contributed by atoms with van der Waals surface area (Å²) in [5, 5.41) is 8.84. The van der Waals surface area contributed by atoms with Gasteiger partial charge in [-0.15, -0.1) is 11.3 Å². The summed E-state index contributed by atoms with van der Waals surface area (Å²) in [5.74, 6) is -0.310. The largest absolute Gasteiger partial charge is 0.480 e. The van der Waals surface area contributed by atoms with Gasteiger partial charge in [-0.2, -0.15) is 0 Å². The van der Waals surface area contributed by atoms with Crippen molar-refractivity contribution in [3.63, 3.8) is 0 Å². The van der Waals surface area contributed by atoms with Crippen LogP contribution in [0.5, 0.6) is 0 Å². The molecule has 0 saturated carbocycles. The summed E-state index contributed by atoms with van der Waals surface area (Å²) in [4.78, 5) is 18.0. The molecule has 0 aliphatic heterocycles. The highest BCUT2D eigenvalue weighted by Gasteiger charge is 2.14. The molecule has 0 spiro atoms. The molecular formula is C11H18N2O2S. The fourth-order valence-corrected chi connectivity index (χ4v) is 2.39. The van der Waals surface area contributed by atoms with E-state index in [2.05, 4.69) is 18.8 Å². The molecule has 0 unspecified atom stereocenters. The van der Waals surface area contributed by atoms with E-state index >= 15 is 0 Å². The van der Waals surface area contributed by atoms with E-state index in [1.807, 2.05) is 11.8 Å². The number of aryl methyl sites for hydroxylation is 1. The third kappa shape index (κ3) is 4.28. The van der Waals surface area contributed by atoms with E-state index < -0.39 is 5.97 Å². The summed E-state index contributed by atoms with van der Waals surface area (Å²) >= 11 is 1.59. The molecule has 1 heterocycles. The van der Waals surface area contributed by atoms with Gasteiger partial charge in [0.05, 0.1) is 17.7 Å². The first kappa shape index (κ1) is 13.1. The molecular weight excluding hydrogens is 224 g/mol. The van der Waals surface area contributed by atoms with Crippen molar-refractivity contribution in [2.24, 2.45) is 5.92 Å². The van der Waals surface area contributed by atoms with E-state index in [1.54, 1.807) is 16.8 Å². The topological polar surface area (TPSA) is 53.4 Å². The van der Waals surface area contributed by atoms with E-state index in [1.165, 1.54) is 0 Å². The molecule has 16 heavy (non-hydrogen) atoms.